The van der Waals surface area contributed by atoms with Crippen LogP contribution in [-0.2, 0) is 9.53 Å². The number of aliphatic hydroxyl groups is 1. The Kier molecular flexibility index (Phi) is 10.6. The molecule has 1 unspecified atom stereocenters. The van der Waals surface area contributed by atoms with E-state index in [4.69, 9.17) is 4.74 Å². The number of aliphatic imine (C=N–C) groups is 1. The molecule has 0 aliphatic carbocycles. The number of aliphatic hydroxyl groups excluding tert-OH is 1. The summed E-state index contributed by atoms with van der Waals surface area (Å²) in [4.78, 5) is 15.7. The van der Waals surface area contributed by atoms with E-state index in [9.17, 15) is 9.90 Å². The van der Waals surface area contributed by atoms with E-state index in [1.807, 2.05) is 51.1 Å². The van der Waals surface area contributed by atoms with Crippen LogP contribution in [0, 0.1) is 0 Å². The first-order valence-corrected chi connectivity index (χ1v) is 7.68. The zero-order valence-electron chi connectivity index (χ0n) is 14.7. The van der Waals surface area contributed by atoms with E-state index in [-0.39, 0.29) is 49.0 Å². The molecule has 3 N–H and O–H groups in total. The van der Waals surface area contributed by atoms with Gasteiger partial charge in [-0.1, -0.05) is 30.3 Å². The topological polar surface area (TPSA) is 83.0 Å². The van der Waals surface area contributed by atoms with Gasteiger partial charge in [0, 0.05) is 19.5 Å². The van der Waals surface area contributed by atoms with Crippen LogP contribution in [0.2, 0.25) is 0 Å². The first-order valence-electron chi connectivity index (χ1n) is 7.68. The van der Waals surface area contributed by atoms with Gasteiger partial charge in [0.2, 0.25) is 0 Å². The molecule has 0 radical (unpaired) electrons. The lowest BCUT2D eigenvalue weighted by molar-refractivity contribution is -0.153. The lowest BCUT2D eigenvalue weighted by Crippen LogP contribution is -2.43. The smallest absolute Gasteiger partial charge is 0.325 e. The third kappa shape index (κ3) is 9.07. The van der Waals surface area contributed by atoms with E-state index in [2.05, 4.69) is 15.6 Å². The normalized spacial score (nSPS) is 12.8. The number of benzene rings is 1. The van der Waals surface area contributed by atoms with Crippen molar-refractivity contribution in [2.45, 2.75) is 32.3 Å². The minimum Gasteiger partial charge on any atom is -0.459 e. The van der Waals surface area contributed by atoms with Gasteiger partial charge in [-0.2, -0.15) is 0 Å². The summed E-state index contributed by atoms with van der Waals surface area (Å²) >= 11 is 0. The Bertz CT molecular complexity index is 516. The van der Waals surface area contributed by atoms with E-state index in [1.165, 1.54) is 0 Å². The number of nitrogens with zero attached hydrogens (tertiary/aromatic N) is 1. The molecule has 0 aliphatic rings. The van der Waals surface area contributed by atoms with Crippen LogP contribution in [0.3, 0.4) is 0 Å². The Morgan fingerprint density at radius 2 is 1.88 bits per heavy atom. The number of guanidine groups is 1. The SMILES string of the molecule is CN=C(NCC(=O)OC(C)(C)C)NCC(CO)c1ccccc1.I. The molecule has 1 aromatic rings. The second-order valence-electron chi connectivity index (χ2n) is 6.18. The maximum Gasteiger partial charge on any atom is 0.325 e. The average Bonchev–Trinajstić information content (AvgIpc) is 2.50. The lowest BCUT2D eigenvalue weighted by Gasteiger charge is -2.21. The summed E-state index contributed by atoms with van der Waals surface area (Å²) in [5, 5.41) is 15.6. The Balaban J connectivity index is 0.00000529. The Hall–Kier alpha value is -1.35. The highest BCUT2D eigenvalue weighted by molar-refractivity contribution is 14.0. The molecule has 0 fully saturated rings. The molecule has 1 rings (SSSR count). The molecule has 7 heteroatoms. The minimum absolute atomic E-state index is 0. The maximum atomic E-state index is 11.7. The maximum absolute atomic E-state index is 11.7. The van der Waals surface area contributed by atoms with E-state index in [0.717, 1.165) is 5.56 Å². The predicted octanol–water partition coefficient (Wildman–Crippen LogP) is 1.89. The van der Waals surface area contributed by atoms with Crippen molar-refractivity contribution in [3.05, 3.63) is 35.9 Å². The second-order valence-corrected chi connectivity index (χ2v) is 6.18. The quantitative estimate of drug-likeness (QED) is 0.268. The minimum atomic E-state index is -0.509. The third-order valence-electron chi connectivity index (χ3n) is 3.05. The van der Waals surface area contributed by atoms with Crippen molar-refractivity contribution in [2.75, 3.05) is 26.7 Å². The number of nitrogens with one attached hydrogen (secondary N) is 2. The van der Waals surface area contributed by atoms with Crippen LogP contribution in [0.25, 0.3) is 0 Å². The molecule has 0 aromatic heterocycles. The predicted molar refractivity (Wildman–Crippen MR) is 107 cm³/mol. The monoisotopic (exact) mass is 449 g/mol. The van der Waals surface area contributed by atoms with Crippen molar-refractivity contribution in [1.82, 2.24) is 10.6 Å². The van der Waals surface area contributed by atoms with Crippen molar-refractivity contribution in [3.63, 3.8) is 0 Å². The number of ether oxygens (including phenoxy) is 1. The number of rotatable bonds is 6. The van der Waals surface area contributed by atoms with Gasteiger partial charge in [-0.05, 0) is 26.3 Å². The van der Waals surface area contributed by atoms with Crippen LogP contribution in [-0.4, -0.2) is 49.4 Å². The number of carbonyl (C=O) groups is 1. The molecular formula is C17H28IN3O3. The van der Waals surface area contributed by atoms with Crippen molar-refractivity contribution in [1.29, 1.82) is 0 Å². The summed E-state index contributed by atoms with van der Waals surface area (Å²) in [7, 11) is 1.63. The molecule has 136 valence electrons. The molecule has 6 nitrogen and oxygen atoms in total. The van der Waals surface area contributed by atoms with E-state index < -0.39 is 5.60 Å². The summed E-state index contributed by atoms with van der Waals surface area (Å²) in [6.07, 6.45) is 0. The Labute approximate surface area is 161 Å². The van der Waals surface area contributed by atoms with Crippen LogP contribution in [0.5, 0.6) is 0 Å². The van der Waals surface area contributed by atoms with Crippen LogP contribution in [0.1, 0.15) is 32.3 Å². The highest BCUT2D eigenvalue weighted by Gasteiger charge is 2.16. The summed E-state index contributed by atoms with van der Waals surface area (Å²) in [5.74, 6) is 0.101. The Morgan fingerprint density at radius 3 is 2.38 bits per heavy atom. The molecular weight excluding hydrogens is 421 g/mol. The summed E-state index contributed by atoms with van der Waals surface area (Å²) < 4.78 is 5.22. The standard InChI is InChI=1S/C17H27N3O3.HI/c1-17(2,3)23-15(22)11-20-16(18-4)19-10-14(12-21)13-8-6-5-7-9-13;/h5-9,14,21H,10-12H2,1-4H3,(H2,18,19,20);1H. The van der Waals surface area contributed by atoms with Gasteiger partial charge in [-0.15, -0.1) is 24.0 Å². The first-order chi connectivity index (χ1) is 10.9. The molecule has 0 saturated heterocycles. The molecule has 0 saturated carbocycles. The summed E-state index contributed by atoms with van der Waals surface area (Å²) in [6.45, 7) is 6.04. The fourth-order valence-corrected chi connectivity index (χ4v) is 1.99. The molecule has 1 atom stereocenters. The summed E-state index contributed by atoms with van der Waals surface area (Å²) in [5.41, 5.74) is 0.537. The molecule has 0 aliphatic heterocycles. The van der Waals surface area contributed by atoms with Gasteiger partial charge in [0.05, 0.1) is 6.61 Å². The summed E-state index contributed by atoms with van der Waals surface area (Å²) in [6, 6.07) is 9.76. The molecule has 24 heavy (non-hydrogen) atoms. The molecule has 0 heterocycles. The van der Waals surface area contributed by atoms with Crippen molar-refractivity contribution < 1.29 is 14.6 Å². The second kappa shape index (κ2) is 11.2. The zero-order chi connectivity index (χ0) is 17.3. The zero-order valence-corrected chi connectivity index (χ0v) is 17.0. The molecule has 0 amide bonds. The van der Waals surface area contributed by atoms with Crippen LogP contribution >= 0.6 is 24.0 Å². The Morgan fingerprint density at radius 1 is 1.25 bits per heavy atom. The van der Waals surface area contributed by atoms with Gasteiger partial charge in [-0.3, -0.25) is 9.79 Å². The number of hydrogen-bond acceptors (Lipinski definition) is 4. The number of esters is 1. The van der Waals surface area contributed by atoms with Crippen molar-refractivity contribution >= 4 is 35.9 Å². The largest absolute Gasteiger partial charge is 0.459 e. The van der Waals surface area contributed by atoms with Gasteiger partial charge in [-0.25, -0.2) is 0 Å². The highest BCUT2D eigenvalue weighted by atomic mass is 127. The number of carbonyl (C=O) groups excluding carboxylic acids is 1. The van der Waals surface area contributed by atoms with Gasteiger partial charge < -0.3 is 20.5 Å². The average molecular weight is 449 g/mol. The fraction of sp³-hybridized carbons (Fsp3) is 0.529. The third-order valence-corrected chi connectivity index (χ3v) is 3.05. The van der Waals surface area contributed by atoms with E-state index in [1.54, 1.807) is 7.05 Å². The van der Waals surface area contributed by atoms with Gasteiger partial charge in [0.1, 0.15) is 12.1 Å². The van der Waals surface area contributed by atoms with Crippen LogP contribution in [0.4, 0.5) is 0 Å². The molecule has 0 spiro atoms. The van der Waals surface area contributed by atoms with Crippen molar-refractivity contribution in [3.8, 4) is 0 Å². The fourth-order valence-electron chi connectivity index (χ4n) is 1.99. The number of hydrogen-bond donors (Lipinski definition) is 3. The highest BCUT2D eigenvalue weighted by Crippen LogP contribution is 2.13. The van der Waals surface area contributed by atoms with Gasteiger partial charge >= 0.3 is 5.97 Å². The van der Waals surface area contributed by atoms with Gasteiger partial charge in [0.25, 0.3) is 0 Å². The lowest BCUT2D eigenvalue weighted by atomic mass is 10.0. The van der Waals surface area contributed by atoms with Crippen LogP contribution in [0.15, 0.2) is 35.3 Å². The number of halogens is 1. The first kappa shape index (κ1) is 22.6. The van der Waals surface area contributed by atoms with E-state index in [0.29, 0.717) is 12.5 Å². The van der Waals surface area contributed by atoms with E-state index >= 15 is 0 Å². The van der Waals surface area contributed by atoms with Crippen molar-refractivity contribution in [2.24, 2.45) is 4.99 Å². The molecule has 1 aromatic carbocycles. The molecule has 0 bridgehead atoms. The van der Waals surface area contributed by atoms with Gasteiger partial charge in [0.15, 0.2) is 5.96 Å². The van der Waals surface area contributed by atoms with Crippen LogP contribution < -0.4 is 10.6 Å².